The van der Waals surface area contributed by atoms with Gasteiger partial charge in [0, 0.05) is 28.4 Å². The van der Waals surface area contributed by atoms with E-state index < -0.39 is 0 Å². The van der Waals surface area contributed by atoms with Gasteiger partial charge in [0.15, 0.2) is 0 Å². The molecule has 0 aromatic heterocycles. The molecule has 0 fully saturated rings. The number of nitrogens with one attached hydrogen (secondary N) is 1. The van der Waals surface area contributed by atoms with E-state index in [1.807, 2.05) is 36.4 Å². The zero-order valence-corrected chi connectivity index (χ0v) is 14.0. The average Bonchev–Trinajstić information content (AvgIpc) is 3.10. The molecule has 0 unspecified atom stereocenters. The van der Waals surface area contributed by atoms with Crippen LogP contribution in [0.4, 0.5) is 5.69 Å². The summed E-state index contributed by atoms with van der Waals surface area (Å²) in [4.78, 5) is 6.92. The molecule has 2 heterocycles. The third kappa shape index (κ3) is 2.41. The largest absolute Gasteiger partial charge is 0.496 e. The maximum atomic E-state index is 9.60. The summed E-state index contributed by atoms with van der Waals surface area (Å²) in [6.07, 6.45) is -0.0478. The fourth-order valence-electron chi connectivity index (χ4n) is 3.36. The summed E-state index contributed by atoms with van der Waals surface area (Å²) in [5.74, 6) is 1.68. The van der Waals surface area contributed by atoms with Gasteiger partial charge in [0.2, 0.25) is 0 Å². The zero-order valence-electron chi connectivity index (χ0n) is 13.3. The molecular weight excluding hydrogens is 326 g/mol. The lowest BCUT2D eigenvalue weighted by Crippen LogP contribution is -2.41. The first kappa shape index (κ1) is 15.3. The number of nitrogens with zero attached hydrogens (tertiary/aromatic N) is 2. The summed E-state index contributed by atoms with van der Waals surface area (Å²) in [5.41, 5.74) is 3.88. The van der Waals surface area contributed by atoms with Crippen LogP contribution in [-0.4, -0.2) is 36.0 Å². The first-order valence-corrected chi connectivity index (χ1v) is 8.24. The minimum Gasteiger partial charge on any atom is -0.496 e. The van der Waals surface area contributed by atoms with Gasteiger partial charge in [-0.2, -0.15) is 0 Å². The summed E-state index contributed by atoms with van der Waals surface area (Å²) in [7, 11) is 1.61. The summed E-state index contributed by atoms with van der Waals surface area (Å²) in [5, 5.41) is 13.8. The predicted octanol–water partition coefficient (Wildman–Crippen LogP) is 3.03. The van der Waals surface area contributed by atoms with E-state index in [4.69, 9.17) is 16.3 Å². The molecule has 0 radical (unpaired) electrons. The SMILES string of the molecule is COc1ccc([C@@H]2Nc3cc(Cl)ccc3C3=NCCN32)cc1CO. The van der Waals surface area contributed by atoms with Crippen molar-refractivity contribution in [1.29, 1.82) is 0 Å². The van der Waals surface area contributed by atoms with Crippen LogP contribution in [0.25, 0.3) is 0 Å². The quantitative estimate of drug-likeness (QED) is 0.899. The molecule has 0 amide bonds. The van der Waals surface area contributed by atoms with Crippen molar-refractivity contribution in [3.05, 3.63) is 58.1 Å². The Morgan fingerprint density at radius 2 is 2.21 bits per heavy atom. The van der Waals surface area contributed by atoms with Gasteiger partial charge in [-0.25, -0.2) is 0 Å². The van der Waals surface area contributed by atoms with Crippen molar-refractivity contribution in [3.8, 4) is 5.75 Å². The molecule has 2 aromatic rings. The summed E-state index contributed by atoms with van der Waals surface area (Å²) >= 11 is 6.16. The molecule has 124 valence electrons. The van der Waals surface area contributed by atoms with Crippen LogP contribution in [0.1, 0.15) is 22.9 Å². The lowest BCUT2D eigenvalue weighted by molar-refractivity contribution is 0.273. The molecule has 0 saturated heterocycles. The lowest BCUT2D eigenvalue weighted by Gasteiger charge is -2.38. The van der Waals surface area contributed by atoms with Crippen molar-refractivity contribution in [1.82, 2.24) is 4.90 Å². The molecule has 2 aromatic carbocycles. The third-order valence-electron chi connectivity index (χ3n) is 4.49. The highest BCUT2D eigenvalue weighted by molar-refractivity contribution is 6.31. The first-order valence-electron chi connectivity index (χ1n) is 7.86. The molecule has 0 saturated carbocycles. The number of ether oxygens (including phenoxy) is 1. The van der Waals surface area contributed by atoms with Crippen molar-refractivity contribution in [2.45, 2.75) is 12.8 Å². The van der Waals surface area contributed by atoms with E-state index in [9.17, 15) is 5.11 Å². The maximum absolute atomic E-state index is 9.60. The first-order chi connectivity index (χ1) is 11.7. The van der Waals surface area contributed by atoms with Crippen LogP contribution in [-0.2, 0) is 6.61 Å². The van der Waals surface area contributed by atoms with E-state index in [1.165, 1.54) is 0 Å². The van der Waals surface area contributed by atoms with Crippen LogP contribution < -0.4 is 10.1 Å². The molecule has 1 atom stereocenters. The summed E-state index contributed by atoms with van der Waals surface area (Å²) < 4.78 is 5.30. The van der Waals surface area contributed by atoms with Crippen LogP contribution in [0.2, 0.25) is 5.02 Å². The number of methoxy groups -OCH3 is 1. The third-order valence-corrected chi connectivity index (χ3v) is 4.73. The van der Waals surface area contributed by atoms with Crippen LogP contribution in [0.15, 0.2) is 41.4 Å². The Hall–Kier alpha value is -2.24. The number of aliphatic imine (C=N–C) groups is 1. The second-order valence-corrected chi connectivity index (χ2v) is 6.30. The second kappa shape index (κ2) is 6.00. The Balaban J connectivity index is 1.78. The molecule has 0 aliphatic carbocycles. The average molecular weight is 344 g/mol. The van der Waals surface area contributed by atoms with Crippen molar-refractivity contribution >= 4 is 23.1 Å². The van der Waals surface area contributed by atoms with Gasteiger partial charge in [0.25, 0.3) is 0 Å². The lowest BCUT2D eigenvalue weighted by atomic mass is 10.0. The minimum absolute atomic E-state index is 0.0478. The van der Waals surface area contributed by atoms with Gasteiger partial charge in [0.05, 0.1) is 20.3 Å². The number of aliphatic hydroxyl groups is 1. The number of amidine groups is 1. The molecule has 24 heavy (non-hydrogen) atoms. The van der Waals surface area contributed by atoms with Crippen molar-refractivity contribution in [2.75, 3.05) is 25.5 Å². The van der Waals surface area contributed by atoms with Gasteiger partial charge in [-0.15, -0.1) is 0 Å². The van der Waals surface area contributed by atoms with E-state index in [-0.39, 0.29) is 12.8 Å². The molecule has 6 heteroatoms. The molecule has 2 aliphatic rings. The number of aliphatic hydroxyl groups excluding tert-OH is 1. The Labute approximate surface area is 145 Å². The van der Waals surface area contributed by atoms with Crippen molar-refractivity contribution in [3.63, 3.8) is 0 Å². The minimum atomic E-state index is -0.0624. The van der Waals surface area contributed by atoms with Crippen LogP contribution in [0, 0.1) is 0 Å². The van der Waals surface area contributed by atoms with Crippen LogP contribution in [0.3, 0.4) is 0 Å². The zero-order chi connectivity index (χ0) is 16.7. The van der Waals surface area contributed by atoms with Crippen LogP contribution in [0.5, 0.6) is 5.75 Å². The van der Waals surface area contributed by atoms with Gasteiger partial charge in [-0.1, -0.05) is 17.7 Å². The highest BCUT2D eigenvalue weighted by atomic mass is 35.5. The molecule has 0 spiro atoms. The number of halogens is 1. The van der Waals surface area contributed by atoms with Gasteiger partial charge in [0.1, 0.15) is 17.8 Å². The maximum Gasteiger partial charge on any atom is 0.135 e. The topological polar surface area (TPSA) is 57.1 Å². The fraction of sp³-hybridized carbons (Fsp3) is 0.278. The second-order valence-electron chi connectivity index (χ2n) is 5.86. The predicted molar refractivity (Wildman–Crippen MR) is 94.8 cm³/mol. The van der Waals surface area contributed by atoms with Gasteiger partial charge >= 0.3 is 0 Å². The van der Waals surface area contributed by atoms with E-state index in [1.54, 1.807) is 7.11 Å². The van der Waals surface area contributed by atoms with E-state index >= 15 is 0 Å². The number of fused-ring (bicyclic) bond motifs is 3. The Kier molecular flexibility index (Phi) is 3.82. The van der Waals surface area contributed by atoms with Crippen LogP contribution >= 0.6 is 11.6 Å². The van der Waals surface area contributed by atoms with E-state index in [0.717, 1.165) is 41.3 Å². The Morgan fingerprint density at radius 3 is 3.00 bits per heavy atom. The number of anilines is 1. The molecule has 0 bridgehead atoms. The normalized spacial score (nSPS) is 18.5. The van der Waals surface area contributed by atoms with E-state index in [2.05, 4.69) is 15.2 Å². The summed E-state index contributed by atoms with van der Waals surface area (Å²) in [6, 6.07) is 11.7. The number of hydrogen-bond acceptors (Lipinski definition) is 5. The molecule has 2 aliphatic heterocycles. The van der Waals surface area contributed by atoms with Gasteiger partial charge in [-0.05, 0) is 35.9 Å². The highest BCUT2D eigenvalue weighted by Gasteiger charge is 2.33. The number of benzene rings is 2. The van der Waals surface area contributed by atoms with Gasteiger partial charge in [-0.3, -0.25) is 4.99 Å². The molecular formula is C18H18ClN3O2. The molecule has 5 nitrogen and oxygen atoms in total. The molecule has 4 rings (SSSR count). The van der Waals surface area contributed by atoms with E-state index in [0.29, 0.717) is 10.8 Å². The Bertz CT molecular complexity index is 822. The fourth-order valence-corrected chi connectivity index (χ4v) is 3.54. The number of hydrogen-bond donors (Lipinski definition) is 2. The van der Waals surface area contributed by atoms with Gasteiger partial charge < -0.3 is 20.1 Å². The Morgan fingerprint density at radius 1 is 1.33 bits per heavy atom. The summed E-state index contributed by atoms with van der Waals surface area (Å²) in [6.45, 7) is 1.57. The standard InChI is InChI=1S/C18H18ClN3O2/c1-24-16-5-2-11(8-12(16)10-23)17-21-15-9-13(19)3-4-14(15)18-20-6-7-22(17)18/h2-5,8-9,17,21,23H,6-7,10H2,1H3/t17-/m1/s1. The smallest absolute Gasteiger partial charge is 0.135 e. The molecule has 2 N–H and O–H groups in total. The monoisotopic (exact) mass is 343 g/mol. The highest BCUT2D eigenvalue weighted by Crippen LogP contribution is 2.37. The van der Waals surface area contributed by atoms with Crippen molar-refractivity contribution < 1.29 is 9.84 Å². The van der Waals surface area contributed by atoms with Crippen molar-refractivity contribution in [2.24, 2.45) is 4.99 Å². The number of rotatable bonds is 3.